The monoisotopic (exact) mass is 430 g/mol. The van der Waals surface area contributed by atoms with Crippen molar-refractivity contribution in [2.75, 3.05) is 25.5 Å². The van der Waals surface area contributed by atoms with E-state index in [9.17, 15) is 9.50 Å². The first-order valence-corrected chi connectivity index (χ1v) is 10.5. The van der Waals surface area contributed by atoms with Crippen molar-refractivity contribution in [2.24, 2.45) is 0 Å². The molecule has 162 valence electrons. The molecule has 1 aliphatic rings. The van der Waals surface area contributed by atoms with Gasteiger partial charge in [0.1, 0.15) is 23.1 Å². The molecule has 0 amide bonds. The highest BCUT2D eigenvalue weighted by atomic mass is 19.1. The fraction of sp³-hybridized carbons (Fsp3) is 0.200. The van der Waals surface area contributed by atoms with E-state index >= 15 is 0 Å². The third-order valence-electron chi connectivity index (χ3n) is 5.86. The second kappa shape index (κ2) is 8.43. The predicted molar refractivity (Wildman–Crippen MR) is 123 cm³/mol. The number of phenols is 1. The van der Waals surface area contributed by atoms with E-state index in [2.05, 4.69) is 27.8 Å². The lowest BCUT2D eigenvalue weighted by molar-refractivity contribution is 0.414. The number of phenolic OH excluding ortho intramolecular Hbond substituents is 1. The maximum Gasteiger partial charge on any atom is 0.165 e. The van der Waals surface area contributed by atoms with Gasteiger partial charge in [0.05, 0.1) is 18.2 Å². The van der Waals surface area contributed by atoms with Crippen LogP contribution in [0.4, 0.5) is 10.2 Å². The Balaban J connectivity index is 1.55. The molecule has 5 rings (SSSR count). The van der Waals surface area contributed by atoms with Crippen molar-refractivity contribution in [3.63, 3.8) is 0 Å². The highest BCUT2D eigenvalue weighted by molar-refractivity contribution is 5.91. The van der Waals surface area contributed by atoms with E-state index in [0.29, 0.717) is 11.3 Å². The second-order valence-corrected chi connectivity index (χ2v) is 7.87. The molecule has 1 aliphatic heterocycles. The number of anilines is 1. The van der Waals surface area contributed by atoms with Crippen LogP contribution in [0, 0.1) is 5.82 Å². The summed E-state index contributed by atoms with van der Waals surface area (Å²) in [5.74, 6) is 1.43. The molecule has 0 radical (unpaired) electrons. The minimum Gasteiger partial charge on any atom is -0.507 e. The maximum atomic E-state index is 13.9. The van der Waals surface area contributed by atoms with Crippen LogP contribution in [-0.4, -0.2) is 41.3 Å². The van der Waals surface area contributed by atoms with Crippen LogP contribution in [0.15, 0.2) is 66.7 Å². The summed E-state index contributed by atoms with van der Waals surface area (Å²) in [6.07, 6.45) is 0. The number of para-hydroxylation sites is 1. The molecule has 0 aliphatic carbocycles. The van der Waals surface area contributed by atoms with E-state index in [1.807, 2.05) is 36.4 Å². The number of aromatic hydroxyl groups is 1. The number of rotatable bonds is 5. The summed E-state index contributed by atoms with van der Waals surface area (Å²) in [6.45, 7) is 1.59. The van der Waals surface area contributed by atoms with Gasteiger partial charge in [0.15, 0.2) is 5.82 Å². The van der Waals surface area contributed by atoms with Gasteiger partial charge in [-0.2, -0.15) is 0 Å². The number of methoxy groups -OCH3 is 1. The first-order valence-electron chi connectivity index (χ1n) is 10.5. The van der Waals surface area contributed by atoms with Gasteiger partial charge < -0.3 is 20.5 Å². The number of hydrogen-bond acceptors (Lipinski definition) is 6. The SMILES string of the molecule is COc1cccc([C@@H]2CNC[C@H]2Nc2nc(-c3cc(F)ccc3O)nc3ccccc23)c1. The van der Waals surface area contributed by atoms with Crippen molar-refractivity contribution in [3.05, 3.63) is 78.1 Å². The smallest absolute Gasteiger partial charge is 0.165 e. The Morgan fingerprint density at radius 3 is 2.78 bits per heavy atom. The average Bonchev–Trinajstić information content (AvgIpc) is 3.29. The number of nitrogens with one attached hydrogen (secondary N) is 2. The van der Waals surface area contributed by atoms with E-state index in [4.69, 9.17) is 9.72 Å². The Bertz CT molecular complexity index is 1280. The Kier molecular flexibility index (Phi) is 5.33. The molecule has 1 fully saturated rings. The molecule has 1 aromatic heterocycles. The molecular weight excluding hydrogens is 407 g/mol. The predicted octanol–water partition coefficient (Wildman–Crippen LogP) is 4.32. The largest absolute Gasteiger partial charge is 0.507 e. The number of fused-ring (bicyclic) bond motifs is 1. The summed E-state index contributed by atoms with van der Waals surface area (Å²) in [5.41, 5.74) is 2.15. The minimum atomic E-state index is -0.456. The minimum absolute atomic E-state index is 0.0654. The Morgan fingerprint density at radius 1 is 1.03 bits per heavy atom. The molecule has 4 aromatic rings. The van der Waals surface area contributed by atoms with Gasteiger partial charge in [0, 0.05) is 30.4 Å². The molecule has 0 bridgehead atoms. The van der Waals surface area contributed by atoms with Crippen molar-refractivity contribution in [1.29, 1.82) is 0 Å². The zero-order chi connectivity index (χ0) is 22.1. The Morgan fingerprint density at radius 2 is 1.91 bits per heavy atom. The zero-order valence-electron chi connectivity index (χ0n) is 17.5. The van der Waals surface area contributed by atoms with E-state index < -0.39 is 5.82 Å². The van der Waals surface area contributed by atoms with Crippen LogP contribution in [0.2, 0.25) is 0 Å². The topological polar surface area (TPSA) is 79.3 Å². The molecule has 2 heterocycles. The van der Waals surface area contributed by atoms with Crippen LogP contribution >= 0.6 is 0 Å². The molecule has 1 saturated heterocycles. The first-order chi connectivity index (χ1) is 15.6. The van der Waals surface area contributed by atoms with Gasteiger partial charge in [-0.3, -0.25) is 0 Å². The molecule has 3 aromatic carbocycles. The standard InChI is InChI=1S/C25H23FN4O2/c1-32-17-6-4-5-15(11-17)20-13-27-14-22(20)29-24-18-7-2-3-8-21(18)28-25(30-24)19-12-16(26)9-10-23(19)31/h2-12,20,22,27,31H,13-14H2,1H3,(H,28,29,30)/t20-,22+/m0/s1. The molecule has 7 heteroatoms. The molecule has 2 atom stereocenters. The number of halogens is 1. The van der Waals surface area contributed by atoms with Crippen molar-refractivity contribution in [2.45, 2.75) is 12.0 Å². The highest BCUT2D eigenvalue weighted by Gasteiger charge is 2.29. The summed E-state index contributed by atoms with van der Waals surface area (Å²) in [6, 6.07) is 19.6. The molecule has 6 nitrogen and oxygen atoms in total. The van der Waals surface area contributed by atoms with E-state index in [0.717, 1.165) is 24.2 Å². The summed E-state index contributed by atoms with van der Waals surface area (Å²) in [4.78, 5) is 9.27. The van der Waals surface area contributed by atoms with E-state index in [1.165, 1.54) is 23.8 Å². The third kappa shape index (κ3) is 3.83. The quantitative estimate of drug-likeness (QED) is 0.438. The van der Waals surface area contributed by atoms with Gasteiger partial charge in [-0.05, 0) is 48.0 Å². The summed E-state index contributed by atoms with van der Waals surface area (Å²) in [7, 11) is 1.66. The molecule has 32 heavy (non-hydrogen) atoms. The van der Waals surface area contributed by atoms with Crippen LogP contribution in [0.5, 0.6) is 11.5 Å². The Labute approximate surface area is 185 Å². The van der Waals surface area contributed by atoms with Crippen molar-refractivity contribution in [1.82, 2.24) is 15.3 Å². The van der Waals surface area contributed by atoms with Crippen LogP contribution in [0.1, 0.15) is 11.5 Å². The number of benzene rings is 3. The van der Waals surface area contributed by atoms with Crippen molar-refractivity contribution in [3.8, 4) is 22.9 Å². The summed E-state index contributed by atoms with van der Waals surface area (Å²) < 4.78 is 19.3. The summed E-state index contributed by atoms with van der Waals surface area (Å²) >= 11 is 0. The molecule has 3 N–H and O–H groups in total. The Hall–Kier alpha value is -3.71. The van der Waals surface area contributed by atoms with Crippen LogP contribution in [0.3, 0.4) is 0 Å². The van der Waals surface area contributed by atoms with Gasteiger partial charge in [0.25, 0.3) is 0 Å². The van der Waals surface area contributed by atoms with Gasteiger partial charge in [-0.1, -0.05) is 24.3 Å². The maximum absolute atomic E-state index is 13.9. The van der Waals surface area contributed by atoms with E-state index in [-0.39, 0.29) is 29.1 Å². The highest BCUT2D eigenvalue weighted by Crippen LogP contribution is 2.33. The zero-order valence-corrected chi connectivity index (χ0v) is 17.5. The van der Waals surface area contributed by atoms with Gasteiger partial charge >= 0.3 is 0 Å². The number of hydrogen-bond donors (Lipinski definition) is 3. The van der Waals surface area contributed by atoms with Gasteiger partial charge in [-0.15, -0.1) is 0 Å². The lowest BCUT2D eigenvalue weighted by Gasteiger charge is -2.22. The lowest BCUT2D eigenvalue weighted by atomic mass is 9.94. The van der Waals surface area contributed by atoms with Crippen molar-refractivity contribution < 1.29 is 14.2 Å². The lowest BCUT2D eigenvalue weighted by Crippen LogP contribution is -2.28. The number of aromatic nitrogens is 2. The van der Waals surface area contributed by atoms with E-state index in [1.54, 1.807) is 7.11 Å². The van der Waals surface area contributed by atoms with Crippen LogP contribution in [-0.2, 0) is 0 Å². The number of nitrogens with zero attached hydrogens (tertiary/aromatic N) is 2. The van der Waals surface area contributed by atoms with Crippen molar-refractivity contribution >= 4 is 16.7 Å². The summed E-state index contributed by atoms with van der Waals surface area (Å²) in [5, 5.41) is 18.2. The van der Waals surface area contributed by atoms with Gasteiger partial charge in [0.2, 0.25) is 0 Å². The normalized spacial score (nSPS) is 18.1. The molecule has 0 saturated carbocycles. The fourth-order valence-electron chi connectivity index (χ4n) is 4.22. The fourth-order valence-corrected chi connectivity index (χ4v) is 4.22. The molecule has 0 unspecified atom stereocenters. The third-order valence-corrected chi connectivity index (χ3v) is 5.86. The molecule has 0 spiro atoms. The first kappa shape index (κ1) is 20.2. The average molecular weight is 430 g/mol. The van der Waals surface area contributed by atoms with Gasteiger partial charge in [-0.25, -0.2) is 14.4 Å². The van der Waals surface area contributed by atoms with Crippen LogP contribution in [0.25, 0.3) is 22.3 Å². The van der Waals surface area contributed by atoms with Crippen LogP contribution < -0.4 is 15.4 Å². The second-order valence-electron chi connectivity index (χ2n) is 7.87. The number of ether oxygens (including phenoxy) is 1. The molecular formula is C25H23FN4O2.